The van der Waals surface area contributed by atoms with Crippen molar-refractivity contribution in [3.05, 3.63) is 84.7 Å². The van der Waals surface area contributed by atoms with Gasteiger partial charge >= 0.3 is 0 Å². The van der Waals surface area contributed by atoms with Gasteiger partial charge in [0.2, 0.25) is 5.91 Å². The first kappa shape index (κ1) is 21.1. The third-order valence-corrected chi connectivity index (χ3v) is 5.96. The first-order valence-electron chi connectivity index (χ1n) is 11.4. The molecule has 1 unspecified atom stereocenters. The van der Waals surface area contributed by atoms with Gasteiger partial charge in [0.05, 0.1) is 24.2 Å². The van der Waals surface area contributed by atoms with E-state index in [2.05, 4.69) is 10.6 Å². The second-order valence-corrected chi connectivity index (χ2v) is 8.10. The van der Waals surface area contributed by atoms with Gasteiger partial charge in [0, 0.05) is 24.6 Å². The van der Waals surface area contributed by atoms with Crippen molar-refractivity contribution >= 4 is 22.6 Å². The molecule has 5 rings (SSSR count). The fourth-order valence-electron chi connectivity index (χ4n) is 4.43. The Hall–Kier alpha value is -3.80. The van der Waals surface area contributed by atoms with Crippen LogP contribution in [-0.2, 0) is 11.3 Å². The van der Waals surface area contributed by atoms with E-state index in [4.69, 9.17) is 14.5 Å². The predicted octanol–water partition coefficient (Wildman–Crippen LogP) is 5.03. The highest BCUT2D eigenvalue weighted by Crippen LogP contribution is 2.33. The summed E-state index contributed by atoms with van der Waals surface area (Å²) >= 11 is 0. The zero-order valence-corrected chi connectivity index (χ0v) is 18.7. The Bertz CT molecular complexity index is 1230. The molecule has 1 aliphatic heterocycles. The minimum Gasteiger partial charge on any atom is -0.494 e. The predicted molar refractivity (Wildman–Crippen MR) is 129 cm³/mol. The molecule has 0 radical (unpaired) electrons. The maximum absolute atomic E-state index is 12.9. The molecule has 3 aromatic carbocycles. The van der Waals surface area contributed by atoms with E-state index in [0.717, 1.165) is 34.0 Å². The molecule has 1 aromatic heterocycles. The maximum atomic E-state index is 12.9. The number of imidazole rings is 1. The number of fused-ring (bicyclic) bond motifs is 1. The number of aromatic nitrogens is 2. The second kappa shape index (κ2) is 9.36. The molecule has 1 saturated heterocycles. The second-order valence-electron chi connectivity index (χ2n) is 8.10. The van der Waals surface area contributed by atoms with Gasteiger partial charge in [-0.3, -0.25) is 4.79 Å². The van der Waals surface area contributed by atoms with Crippen LogP contribution >= 0.6 is 0 Å². The number of carbonyl (C=O) groups is 1. The fraction of sp³-hybridized carbons (Fsp3) is 0.259. The first-order valence-corrected chi connectivity index (χ1v) is 11.4. The monoisotopic (exact) mass is 441 g/mol. The van der Waals surface area contributed by atoms with Gasteiger partial charge in [-0.05, 0) is 55.5 Å². The van der Waals surface area contributed by atoms with Crippen LogP contribution in [0.25, 0.3) is 11.0 Å². The van der Waals surface area contributed by atoms with E-state index in [-0.39, 0.29) is 11.8 Å². The maximum Gasteiger partial charge on any atom is 0.227 e. The molecule has 0 aliphatic carbocycles. The number of hydrogen-bond acceptors (Lipinski definition) is 4. The third kappa shape index (κ3) is 4.42. The lowest BCUT2D eigenvalue weighted by atomic mass is 10.1. The molecular weight excluding hydrogens is 414 g/mol. The number of anilines is 1. The van der Waals surface area contributed by atoms with Crippen LogP contribution in [0.5, 0.6) is 11.5 Å². The van der Waals surface area contributed by atoms with Crippen molar-refractivity contribution in [2.75, 3.05) is 24.7 Å². The summed E-state index contributed by atoms with van der Waals surface area (Å²) in [7, 11) is 0. The lowest BCUT2D eigenvalue weighted by molar-refractivity contribution is -0.117. The molecule has 1 aliphatic rings. The normalized spacial score (nSPS) is 15.8. The van der Waals surface area contributed by atoms with Crippen molar-refractivity contribution in [1.82, 2.24) is 9.55 Å². The van der Waals surface area contributed by atoms with Crippen molar-refractivity contribution < 1.29 is 14.3 Å². The van der Waals surface area contributed by atoms with Crippen molar-refractivity contribution in [1.29, 1.82) is 0 Å². The van der Waals surface area contributed by atoms with Crippen LogP contribution in [0.2, 0.25) is 0 Å². The van der Waals surface area contributed by atoms with E-state index in [1.54, 1.807) is 0 Å². The summed E-state index contributed by atoms with van der Waals surface area (Å²) < 4.78 is 13.7. The van der Waals surface area contributed by atoms with E-state index in [1.807, 2.05) is 84.6 Å². The van der Waals surface area contributed by atoms with Gasteiger partial charge in [-0.2, -0.15) is 0 Å². The van der Waals surface area contributed by atoms with E-state index in [0.29, 0.717) is 32.7 Å². The van der Waals surface area contributed by atoms with Gasteiger partial charge in [0.15, 0.2) is 0 Å². The molecule has 0 N–H and O–H groups in total. The minimum absolute atomic E-state index is 0.0215. The SMILES string of the molecule is CCOc1ccc(N2CC(c3nc4ccccc4n3CCOc3ccccc3)CC2=O)cc1. The van der Waals surface area contributed by atoms with E-state index < -0.39 is 0 Å². The largest absolute Gasteiger partial charge is 0.494 e. The molecule has 1 atom stereocenters. The Balaban J connectivity index is 1.37. The van der Waals surface area contributed by atoms with Crippen LogP contribution in [0.1, 0.15) is 25.1 Å². The number of nitrogens with zero attached hydrogens (tertiary/aromatic N) is 3. The lowest BCUT2D eigenvalue weighted by Crippen LogP contribution is -2.24. The Kier molecular flexibility index (Phi) is 5.98. The molecule has 0 bridgehead atoms. The van der Waals surface area contributed by atoms with Crippen molar-refractivity contribution in [2.45, 2.75) is 25.8 Å². The standard InChI is InChI=1S/C27H27N3O3/c1-2-32-23-14-12-21(13-15-23)30-19-20(18-26(30)31)27-28-24-10-6-7-11-25(24)29(27)16-17-33-22-8-4-3-5-9-22/h3-15,20H,2,16-19H2,1H3. The minimum atomic E-state index is 0.0215. The van der Waals surface area contributed by atoms with Crippen LogP contribution in [-0.4, -0.2) is 35.2 Å². The molecule has 1 fully saturated rings. The Labute approximate surface area is 193 Å². The van der Waals surface area contributed by atoms with Gasteiger partial charge in [0.25, 0.3) is 0 Å². The fourth-order valence-corrected chi connectivity index (χ4v) is 4.43. The zero-order valence-electron chi connectivity index (χ0n) is 18.7. The van der Waals surface area contributed by atoms with E-state index >= 15 is 0 Å². The van der Waals surface area contributed by atoms with Crippen molar-refractivity contribution in [3.63, 3.8) is 0 Å². The zero-order chi connectivity index (χ0) is 22.6. The average molecular weight is 442 g/mol. The highest BCUT2D eigenvalue weighted by atomic mass is 16.5. The molecule has 0 saturated carbocycles. The topological polar surface area (TPSA) is 56.6 Å². The van der Waals surface area contributed by atoms with Crippen LogP contribution in [0.3, 0.4) is 0 Å². The number of carbonyl (C=O) groups excluding carboxylic acids is 1. The molecular formula is C27H27N3O3. The summed E-state index contributed by atoms with van der Waals surface area (Å²) in [4.78, 5) is 19.7. The van der Waals surface area contributed by atoms with E-state index in [9.17, 15) is 4.79 Å². The molecule has 1 amide bonds. The highest BCUT2D eigenvalue weighted by molar-refractivity contribution is 5.96. The first-order chi connectivity index (χ1) is 16.2. The van der Waals surface area contributed by atoms with Gasteiger partial charge in [-0.1, -0.05) is 30.3 Å². The van der Waals surface area contributed by atoms with Gasteiger partial charge < -0.3 is 18.9 Å². The highest BCUT2D eigenvalue weighted by Gasteiger charge is 2.34. The third-order valence-electron chi connectivity index (χ3n) is 5.96. The molecule has 168 valence electrons. The Morgan fingerprint density at radius 2 is 1.64 bits per heavy atom. The summed E-state index contributed by atoms with van der Waals surface area (Å²) in [5.74, 6) is 2.73. The molecule has 4 aromatic rings. The van der Waals surface area contributed by atoms with Crippen LogP contribution in [0.4, 0.5) is 5.69 Å². The molecule has 33 heavy (non-hydrogen) atoms. The Morgan fingerprint density at radius 1 is 0.909 bits per heavy atom. The van der Waals surface area contributed by atoms with Crippen molar-refractivity contribution in [2.24, 2.45) is 0 Å². The molecule has 2 heterocycles. The summed E-state index contributed by atoms with van der Waals surface area (Å²) in [6.07, 6.45) is 0.441. The number of hydrogen-bond donors (Lipinski definition) is 0. The summed E-state index contributed by atoms with van der Waals surface area (Å²) in [6, 6.07) is 25.7. The number of amides is 1. The van der Waals surface area contributed by atoms with E-state index in [1.165, 1.54) is 0 Å². The van der Waals surface area contributed by atoms with Crippen molar-refractivity contribution in [3.8, 4) is 11.5 Å². The quantitative estimate of drug-likeness (QED) is 0.385. The smallest absolute Gasteiger partial charge is 0.227 e. The molecule has 6 heteroatoms. The van der Waals surface area contributed by atoms with Crippen LogP contribution in [0, 0.1) is 0 Å². The van der Waals surface area contributed by atoms with Gasteiger partial charge in [-0.25, -0.2) is 4.98 Å². The number of benzene rings is 3. The Morgan fingerprint density at radius 3 is 2.42 bits per heavy atom. The molecule has 0 spiro atoms. The number of para-hydroxylation sites is 3. The van der Waals surface area contributed by atoms with Crippen LogP contribution < -0.4 is 14.4 Å². The summed E-state index contributed by atoms with van der Waals surface area (Å²) in [6.45, 7) is 4.38. The van der Waals surface area contributed by atoms with Gasteiger partial charge in [-0.15, -0.1) is 0 Å². The lowest BCUT2D eigenvalue weighted by Gasteiger charge is -2.18. The number of ether oxygens (including phenoxy) is 2. The number of rotatable bonds is 8. The summed E-state index contributed by atoms with van der Waals surface area (Å²) in [5.41, 5.74) is 2.90. The molecule has 6 nitrogen and oxygen atoms in total. The van der Waals surface area contributed by atoms with Gasteiger partial charge in [0.1, 0.15) is 23.9 Å². The average Bonchev–Trinajstić information content (AvgIpc) is 3.41. The van der Waals surface area contributed by atoms with Crippen LogP contribution in [0.15, 0.2) is 78.9 Å². The summed E-state index contributed by atoms with van der Waals surface area (Å²) in [5, 5.41) is 0.